The van der Waals surface area contributed by atoms with Crippen LogP contribution in [-0.4, -0.2) is 109 Å². The lowest BCUT2D eigenvalue weighted by molar-refractivity contribution is -0.339. The van der Waals surface area contributed by atoms with E-state index in [0.717, 1.165) is 19.1 Å². The van der Waals surface area contributed by atoms with Crippen LogP contribution in [0.3, 0.4) is 0 Å². The normalized spacial score (nSPS) is 32.4. The molecule has 3 heterocycles. The van der Waals surface area contributed by atoms with Crippen molar-refractivity contribution >= 4 is 16.9 Å². The number of phenols is 3. The minimum Gasteiger partial charge on any atom is -0.508 e. The Kier molecular flexibility index (Phi) is 8.84. The highest BCUT2D eigenvalue weighted by atomic mass is 16.7. The summed E-state index contributed by atoms with van der Waals surface area (Å²) in [4.78, 5) is 25.0. The monoisotopic (exact) mass is 620 g/mol. The van der Waals surface area contributed by atoms with Crippen LogP contribution in [0.1, 0.15) is 25.5 Å². The highest BCUT2D eigenvalue weighted by Gasteiger charge is 2.52. The maximum atomic E-state index is 13.2. The SMILES string of the molecule is CC(=O)O[C@H]1[C@H](O[C@H]2C(c3c(O)cc4oc(-c5ccc(O)cc5)cc(=O)c4c3O)O[C@H](CO)[C@@H](O)[C@@H]2O)O[C@@H](C)[C@H](O)[C@H]1O. The lowest BCUT2D eigenvalue weighted by atomic mass is 9.89. The Morgan fingerprint density at radius 3 is 2.20 bits per heavy atom. The largest absolute Gasteiger partial charge is 0.508 e. The van der Waals surface area contributed by atoms with Gasteiger partial charge in [-0.15, -0.1) is 0 Å². The molecule has 0 bridgehead atoms. The standard InChI is InChI=1S/C29H32O15/c1-10-21(35)24(38)28(41-11(2)31)29(40-10)44-27-25(39)22(36)18(9-30)43-26(27)20-15(34)8-17-19(23(20)37)14(33)7-16(42-17)12-3-5-13(32)6-4-12/h3-8,10,18,21-22,24-30,32,34-39H,9H2,1-2H3/t10-,18+,21-,22+,24+,25-,26?,27+,28+,29-/m0/s1. The summed E-state index contributed by atoms with van der Waals surface area (Å²) in [5, 5.41) is 84.0. The van der Waals surface area contributed by atoms with Crippen LogP contribution >= 0.6 is 0 Å². The van der Waals surface area contributed by atoms with Gasteiger partial charge in [0.05, 0.1) is 18.3 Å². The van der Waals surface area contributed by atoms with Gasteiger partial charge in [-0.1, -0.05) is 0 Å². The van der Waals surface area contributed by atoms with E-state index >= 15 is 0 Å². The number of carbonyl (C=O) groups excluding carboxylic acids is 1. The number of hydrogen-bond acceptors (Lipinski definition) is 15. The first-order chi connectivity index (χ1) is 20.8. The quantitative estimate of drug-likeness (QED) is 0.162. The van der Waals surface area contributed by atoms with Gasteiger partial charge in [-0.3, -0.25) is 9.59 Å². The van der Waals surface area contributed by atoms with Crippen LogP contribution < -0.4 is 5.43 Å². The molecule has 0 radical (unpaired) electrons. The average molecular weight is 621 g/mol. The van der Waals surface area contributed by atoms with Crippen molar-refractivity contribution in [3.05, 3.63) is 52.2 Å². The van der Waals surface area contributed by atoms with E-state index in [1.165, 1.54) is 31.2 Å². The van der Waals surface area contributed by atoms with Crippen LogP contribution in [0, 0.1) is 0 Å². The van der Waals surface area contributed by atoms with E-state index in [1.54, 1.807) is 0 Å². The third-order valence-corrected chi connectivity index (χ3v) is 7.69. The van der Waals surface area contributed by atoms with E-state index in [9.17, 15) is 50.4 Å². The predicted molar refractivity (Wildman–Crippen MR) is 146 cm³/mol. The molecule has 1 aromatic heterocycles. The van der Waals surface area contributed by atoms with E-state index in [-0.39, 0.29) is 22.5 Å². The van der Waals surface area contributed by atoms with Gasteiger partial charge in [0.2, 0.25) is 0 Å². The molecule has 2 saturated heterocycles. The number of carbonyl (C=O) groups is 1. The number of hydrogen-bond donors (Lipinski definition) is 8. The second kappa shape index (κ2) is 12.3. The maximum Gasteiger partial charge on any atom is 0.303 e. The minimum atomic E-state index is -1.89. The van der Waals surface area contributed by atoms with Crippen molar-refractivity contribution < 1.29 is 69.0 Å². The Labute approximate surface area is 248 Å². The number of aliphatic hydroxyl groups is 5. The molecule has 44 heavy (non-hydrogen) atoms. The van der Waals surface area contributed by atoms with Crippen LogP contribution in [0.4, 0.5) is 0 Å². The lowest BCUT2D eigenvalue weighted by Gasteiger charge is -2.46. The van der Waals surface area contributed by atoms with Crippen LogP contribution in [0.5, 0.6) is 17.2 Å². The highest BCUT2D eigenvalue weighted by molar-refractivity contribution is 5.88. The fraction of sp³-hybridized carbons (Fsp3) is 0.448. The number of aromatic hydroxyl groups is 3. The molecule has 10 atom stereocenters. The van der Waals surface area contributed by atoms with Crippen LogP contribution in [-0.2, 0) is 23.7 Å². The molecule has 2 aliphatic heterocycles. The second-order valence-corrected chi connectivity index (χ2v) is 10.7. The second-order valence-electron chi connectivity index (χ2n) is 10.7. The summed E-state index contributed by atoms with van der Waals surface area (Å²) >= 11 is 0. The summed E-state index contributed by atoms with van der Waals surface area (Å²) in [6.45, 7) is 1.62. The number of fused-ring (bicyclic) bond motifs is 1. The molecule has 1 unspecified atom stereocenters. The van der Waals surface area contributed by atoms with E-state index < -0.39 is 96.3 Å². The topological polar surface area (TPSA) is 246 Å². The number of aliphatic hydroxyl groups excluding tert-OH is 5. The molecule has 2 aromatic carbocycles. The van der Waals surface area contributed by atoms with E-state index in [0.29, 0.717) is 5.56 Å². The summed E-state index contributed by atoms with van der Waals surface area (Å²) < 4.78 is 28.1. The van der Waals surface area contributed by atoms with Gasteiger partial charge in [0.1, 0.15) is 76.7 Å². The Bertz CT molecular complexity index is 1570. The molecular formula is C29H32O15. The Morgan fingerprint density at radius 1 is 0.909 bits per heavy atom. The van der Waals surface area contributed by atoms with Gasteiger partial charge in [0.15, 0.2) is 17.8 Å². The zero-order chi connectivity index (χ0) is 32.0. The summed E-state index contributed by atoms with van der Waals surface area (Å²) in [6, 6.07) is 7.81. The average Bonchev–Trinajstić information content (AvgIpc) is 2.97. The molecule has 5 rings (SSSR count). The molecule has 238 valence electrons. The van der Waals surface area contributed by atoms with Crippen LogP contribution in [0.25, 0.3) is 22.3 Å². The molecule has 0 saturated carbocycles. The highest BCUT2D eigenvalue weighted by Crippen LogP contribution is 2.46. The van der Waals surface area contributed by atoms with Gasteiger partial charge in [0.25, 0.3) is 0 Å². The van der Waals surface area contributed by atoms with Crippen molar-refractivity contribution in [3.8, 4) is 28.6 Å². The van der Waals surface area contributed by atoms with Gasteiger partial charge >= 0.3 is 5.97 Å². The summed E-state index contributed by atoms with van der Waals surface area (Å²) in [5.74, 6) is -2.34. The van der Waals surface area contributed by atoms with Crippen LogP contribution in [0.15, 0.2) is 45.6 Å². The molecule has 3 aromatic rings. The molecule has 2 aliphatic rings. The minimum absolute atomic E-state index is 0.0208. The first kappa shape index (κ1) is 31.6. The molecule has 0 aliphatic carbocycles. The zero-order valence-electron chi connectivity index (χ0n) is 23.4. The molecule has 8 N–H and O–H groups in total. The van der Waals surface area contributed by atoms with Crippen molar-refractivity contribution in [2.24, 2.45) is 0 Å². The molecular weight excluding hydrogens is 588 g/mol. The molecule has 2 fully saturated rings. The fourth-order valence-corrected chi connectivity index (χ4v) is 5.41. The zero-order valence-corrected chi connectivity index (χ0v) is 23.4. The smallest absolute Gasteiger partial charge is 0.303 e. The van der Waals surface area contributed by atoms with E-state index in [1.807, 2.05) is 0 Å². The van der Waals surface area contributed by atoms with Crippen molar-refractivity contribution in [1.82, 2.24) is 0 Å². The van der Waals surface area contributed by atoms with Gasteiger partial charge in [-0.05, 0) is 31.2 Å². The van der Waals surface area contributed by atoms with Gasteiger partial charge in [0, 0.05) is 24.6 Å². The van der Waals surface area contributed by atoms with Crippen molar-refractivity contribution in [2.45, 2.75) is 75.1 Å². The van der Waals surface area contributed by atoms with E-state index in [2.05, 4.69) is 0 Å². The van der Waals surface area contributed by atoms with Crippen LogP contribution in [0.2, 0.25) is 0 Å². The predicted octanol–water partition coefficient (Wildman–Crippen LogP) is -0.486. The third-order valence-electron chi connectivity index (χ3n) is 7.69. The number of esters is 1. The Morgan fingerprint density at radius 2 is 1.57 bits per heavy atom. The van der Waals surface area contributed by atoms with Crippen molar-refractivity contribution in [3.63, 3.8) is 0 Å². The first-order valence-electron chi connectivity index (χ1n) is 13.6. The number of ether oxygens (including phenoxy) is 4. The van der Waals surface area contributed by atoms with Gasteiger partial charge in [-0.25, -0.2) is 0 Å². The number of rotatable bonds is 6. The molecule has 15 heteroatoms. The van der Waals surface area contributed by atoms with Crippen molar-refractivity contribution in [2.75, 3.05) is 6.61 Å². The third kappa shape index (κ3) is 5.71. The van der Waals surface area contributed by atoms with Crippen molar-refractivity contribution in [1.29, 1.82) is 0 Å². The summed E-state index contributed by atoms with van der Waals surface area (Å²) in [6.07, 6.45) is -16.1. The number of phenolic OH excluding ortho intramolecular Hbond substituents is 3. The van der Waals surface area contributed by atoms with Gasteiger partial charge in [-0.2, -0.15) is 0 Å². The summed E-state index contributed by atoms with van der Waals surface area (Å²) in [5.41, 5.74) is -1.04. The molecule has 15 nitrogen and oxygen atoms in total. The lowest BCUT2D eigenvalue weighted by Crippen LogP contribution is -2.62. The Balaban J connectivity index is 1.59. The number of benzene rings is 2. The van der Waals surface area contributed by atoms with Gasteiger partial charge < -0.3 is 64.2 Å². The Hall–Kier alpha value is -3.80. The molecule has 0 spiro atoms. The van der Waals surface area contributed by atoms with E-state index in [4.69, 9.17) is 23.4 Å². The fourth-order valence-electron chi connectivity index (χ4n) is 5.41. The first-order valence-corrected chi connectivity index (χ1v) is 13.6. The maximum absolute atomic E-state index is 13.2. The summed E-state index contributed by atoms with van der Waals surface area (Å²) in [7, 11) is 0. The molecule has 0 amide bonds.